The minimum absolute atomic E-state index is 0.295. The summed E-state index contributed by atoms with van der Waals surface area (Å²) in [5.74, 6) is 0.295. The summed E-state index contributed by atoms with van der Waals surface area (Å²) in [5.41, 5.74) is 0. The molecule has 1 unspecified atom stereocenters. The summed E-state index contributed by atoms with van der Waals surface area (Å²) in [6.07, 6.45) is 0.836. The maximum Gasteiger partial charge on any atom is 0.123 e. The minimum atomic E-state index is -0.530. The summed E-state index contributed by atoms with van der Waals surface area (Å²) in [5, 5.41) is 0. The molecule has 0 aromatic carbocycles. The van der Waals surface area contributed by atoms with Crippen molar-refractivity contribution in [2.45, 2.75) is 10.8 Å². The van der Waals surface area contributed by atoms with Gasteiger partial charge in [-0.3, -0.25) is 0 Å². The minimum Gasteiger partial charge on any atom is -0.376 e. The predicted octanol–water partition coefficient (Wildman–Crippen LogP) is 4.59. The second kappa shape index (κ2) is 5.34. The molecule has 0 amide bonds. The Kier molecular flexibility index (Phi) is 5.36. The van der Waals surface area contributed by atoms with Gasteiger partial charge in [-0.25, -0.2) is 0 Å². The van der Waals surface area contributed by atoms with E-state index in [-0.39, 0.29) is 0 Å². The van der Waals surface area contributed by atoms with E-state index in [1.807, 2.05) is 0 Å². The zero-order chi connectivity index (χ0) is 10.1. The summed E-state index contributed by atoms with van der Waals surface area (Å²) >= 11 is 20.5. The van der Waals surface area contributed by atoms with Crippen molar-refractivity contribution in [2.24, 2.45) is 5.92 Å². The molecule has 1 nitrogen and oxygen atoms in total. The Morgan fingerprint density at radius 1 is 1.54 bits per heavy atom. The normalized spacial score (nSPS) is 27.0. The van der Waals surface area contributed by atoms with Gasteiger partial charge in [0.1, 0.15) is 4.33 Å². The third-order valence-electron chi connectivity index (χ3n) is 1.71. The van der Waals surface area contributed by atoms with Gasteiger partial charge in [0.05, 0.1) is 15.7 Å². The summed E-state index contributed by atoms with van der Waals surface area (Å²) < 4.78 is 6.90. The van der Waals surface area contributed by atoms with Crippen molar-refractivity contribution >= 4 is 77.7 Å². The van der Waals surface area contributed by atoms with Gasteiger partial charge in [0.2, 0.25) is 0 Å². The molecular weight excluding hydrogens is 458 g/mol. The lowest BCUT2D eigenvalue weighted by Gasteiger charge is -2.03. The number of hydrogen-bond donors (Lipinski definition) is 0. The molecule has 0 aromatic rings. The molecule has 0 N–H and O–H groups in total. The number of hydrogen-bond acceptors (Lipinski definition) is 1. The molecular formula is C7H7Br2Cl2IO. The second-order valence-electron chi connectivity index (χ2n) is 2.84. The quantitative estimate of drug-likeness (QED) is 0.437. The Labute approximate surface area is 118 Å². The van der Waals surface area contributed by atoms with E-state index in [1.54, 1.807) is 0 Å². The summed E-state index contributed by atoms with van der Waals surface area (Å²) in [4.78, 5) is 0. The van der Waals surface area contributed by atoms with Gasteiger partial charge in [0.15, 0.2) is 0 Å². The summed E-state index contributed by atoms with van der Waals surface area (Å²) in [7, 11) is 0. The van der Waals surface area contributed by atoms with Crippen molar-refractivity contribution in [3.63, 3.8) is 0 Å². The molecule has 0 radical (unpaired) electrons. The zero-order valence-corrected chi connectivity index (χ0v) is 13.3. The van der Waals surface area contributed by atoms with E-state index in [1.165, 1.54) is 0 Å². The molecule has 0 aliphatic heterocycles. The predicted molar refractivity (Wildman–Crippen MR) is 72.3 cm³/mol. The highest BCUT2D eigenvalue weighted by atomic mass is 127. The Bertz CT molecular complexity index is 229. The van der Waals surface area contributed by atoms with E-state index in [9.17, 15) is 0 Å². The molecule has 0 aromatic heterocycles. The fourth-order valence-corrected chi connectivity index (χ4v) is 1.73. The Morgan fingerprint density at radius 2 is 2.08 bits per heavy atom. The molecule has 1 aliphatic rings. The molecule has 1 fully saturated rings. The highest BCUT2D eigenvalue weighted by Crippen LogP contribution is 2.53. The largest absolute Gasteiger partial charge is 0.376 e. The van der Waals surface area contributed by atoms with Gasteiger partial charge in [0, 0.05) is 10.4 Å². The molecule has 0 bridgehead atoms. The lowest BCUT2D eigenvalue weighted by molar-refractivity contribution is 0.149. The molecule has 0 saturated heterocycles. The standard InChI is InChI=1S/C7H7Br2Cl2IO/c8-5(6(9)12)3-13-2-4-1-7(4,10)11/h4H,1-3H2/b6-5-. The van der Waals surface area contributed by atoms with Gasteiger partial charge < -0.3 is 4.74 Å². The second-order valence-corrected chi connectivity index (χ2v) is 8.70. The van der Waals surface area contributed by atoms with Gasteiger partial charge in [-0.05, 0) is 44.9 Å². The van der Waals surface area contributed by atoms with Gasteiger partial charge in [0.25, 0.3) is 0 Å². The number of halogens is 5. The fourth-order valence-electron chi connectivity index (χ4n) is 0.796. The van der Waals surface area contributed by atoms with Crippen LogP contribution in [0.2, 0.25) is 0 Å². The molecule has 1 atom stereocenters. The fraction of sp³-hybridized carbons (Fsp3) is 0.714. The highest BCUT2D eigenvalue weighted by Gasteiger charge is 2.51. The molecule has 6 heteroatoms. The van der Waals surface area contributed by atoms with Crippen molar-refractivity contribution in [1.29, 1.82) is 0 Å². The van der Waals surface area contributed by atoms with Crippen LogP contribution in [0.5, 0.6) is 0 Å². The Hall–Kier alpha value is 1.97. The van der Waals surface area contributed by atoms with Crippen LogP contribution < -0.4 is 0 Å². The monoisotopic (exact) mass is 462 g/mol. The van der Waals surface area contributed by atoms with Gasteiger partial charge in [-0.2, -0.15) is 0 Å². The molecule has 1 rings (SSSR count). The lowest BCUT2D eigenvalue weighted by Crippen LogP contribution is -2.03. The number of ether oxygens (including phenoxy) is 1. The average molecular weight is 465 g/mol. The van der Waals surface area contributed by atoms with E-state index in [0.29, 0.717) is 19.1 Å². The van der Waals surface area contributed by atoms with Crippen LogP contribution in [-0.2, 0) is 4.74 Å². The highest BCUT2D eigenvalue weighted by molar-refractivity contribution is 14.1. The first-order valence-corrected chi connectivity index (χ1v) is 7.01. The Morgan fingerprint density at radius 3 is 2.46 bits per heavy atom. The van der Waals surface area contributed by atoms with Gasteiger partial charge in [-0.1, -0.05) is 15.9 Å². The van der Waals surface area contributed by atoms with Crippen LogP contribution in [0.4, 0.5) is 0 Å². The topological polar surface area (TPSA) is 9.23 Å². The van der Waals surface area contributed by atoms with Crippen molar-refractivity contribution in [3.05, 3.63) is 6.97 Å². The molecule has 1 saturated carbocycles. The van der Waals surface area contributed by atoms with Crippen LogP contribution in [0.25, 0.3) is 0 Å². The Balaban J connectivity index is 2.13. The smallest absolute Gasteiger partial charge is 0.123 e. The van der Waals surface area contributed by atoms with E-state index in [0.717, 1.165) is 13.4 Å². The van der Waals surface area contributed by atoms with Crippen LogP contribution in [-0.4, -0.2) is 17.5 Å². The first kappa shape index (κ1) is 13.0. The van der Waals surface area contributed by atoms with E-state index < -0.39 is 4.33 Å². The summed E-state index contributed by atoms with van der Waals surface area (Å²) in [6, 6.07) is 0. The lowest BCUT2D eigenvalue weighted by atomic mass is 10.5. The van der Waals surface area contributed by atoms with Crippen LogP contribution in [0.1, 0.15) is 6.42 Å². The van der Waals surface area contributed by atoms with Crippen LogP contribution in [0.15, 0.2) is 6.97 Å². The van der Waals surface area contributed by atoms with Crippen molar-refractivity contribution in [2.75, 3.05) is 13.2 Å². The zero-order valence-electron chi connectivity index (χ0n) is 6.50. The van der Waals surface area contributed by atoms with Crippen molar-refractivity contribution < 1.29 is 4.74 Å². The number of rotatable bonds is 4. The van der Waals surface area contributed by atoms with E-state index in [4.69, 9.17) is 27.9 Å². The van der Waals surface area contributed by atoms with Crippen molar-refractivity contribution in [1.82, 2.24) is 0 Å². The first-order chi connectivity index (χ1) is 5.93. The first-order valence-electron chi connectivity index (χ1n) is 3.58. The van der Waals surface area contributed by atoms with Crippen LogP contribution >= 0.6 is 77.7 Å². The molecule has 1 aliphatic carbocycles. The molecule has 76 valence electrons. The SMILES string of the molecule is ClC1(Cl)CC1COC/C(Br)=C(\Br)I. The van der Waals surface area contributed by atoms with Crippen LogP contribution in [0, 0.1) is 5.92 Å². The maximum atomic E-state index is 5.84. The van der Waals surface area contributed by atoms with Gasteiger partial charge >= 0.3 is 0 Å². The molecule has 13 heavy (non-hydrogen) atoms. The maximum absolute atomic E-state index is 5.84. The third kappa shape index (κ3) is 4.55. The average Bonchev–Trinajstić information content (AvgIpc) is 2.58. The number of alkyl halides is 2. The molecule has 0 spiro atoms. The molecule has 0 heterocycles. The van der Waals surface area contributed by atoms with Crippen LogP contribution in [0.3, 0.4) is 0 Å². The van der Waals surface area contributed by atoms with E-state index in [2.05, 4.69) is 54.5 Å². The van der Waals surface area contributed by atoms with Crippen molar-refractivity contribution in [3.8, 4) is 0 Å². The van der Waals surface area contributed by atoms with E-state index >= 15 is 0 Å². The van der Waals surface area contributed by atoms with Gasteiger partial charge in [-0.15, -0.1) is 23.2 Å². The third-order valence-corrected chi connectivity index (χ3v) is 5.66. The summed E-state index contributed by atoms with van der Waals surface area (Å²) in [6.45, 7) is 1.18.